The van der Waals surface area contributed by atoms with Crippen LogP contribution in [0.4, 0.5) is 0 Å². The van der Waals surface area contributed by atoms with E-state index in [1.54, 1.807) is 6.20 Å². The van der Waals surface area contributed by atoms with Gasteiger partial charge in [0.05, 0.1) is 6.04 Å². The molecular formula is C6H12N4. The van der Waals surface area contributed by atoms with Gasteiger partial charge in [-0.2, -0.15) is 0 Å². The highest BCUT2D eigenvalue weighted by Gasteiger charge is 2.06. The third-order valence-corrected chi connectivity index (χ3v) is 1.44. The maximum atomic E-state index is 5.63. The van der Waals surface area contributed by atoms with Crippen molar-refractivity contribution in [1.82, 2.24) is 9.55 Å². The SMILES string of the molecule is Cn1ccnc1C(N)CN. The van der Waals surface area contributed by atoms with Gasteiger partial charge in [-0.1, -0.05) is 0 Å². The van der Waals surface area contributed by atoms with E-state index in [1.807, 2.05) is 17.8 Å². The quantitative estimate of drug-likeness (QED) is 0.575. The fourth-order valence-electron chi connectivity index (χ4n) is 0.840. The number of imidazole rings is 1. The summed E-state index contributed by atoms with van der Waals surface area (Å²) < 4.78 is 1.87. The number of aromatic nitrogens is 2. The predicted molar refractivity (Wildman–Crippen MR) is 39.2 cm³/mol. The summed E-state index contributed by atoms with van der Waals surface area (Å²) in [6, 6.07) is -0.139. The first-order valence-corrected chi connectivity index (χ1v) is 3.18. The molecule has 0 spiro atoms. The standard InChI is InChI=1S/C6H12N4/c1-10-3-2-9-6(10)5(8)4-7/h2-3,5H,4,7-8H2,1H3. The second-order valence-electron chi connectivity index (χ2n) is 2.24. The fraction of sp³-hybridized carbons (Fsp3) is 0.500. The summed E-state index contributed by atoms with van der Waals surface area (Å²) in [5.74, 6) is 0.836. The summed E-state index contributed by atoms with van der Waals surface area (Å²) in [6.07, 6.45) is 3.57. The molecule has 0 aromatic carbocycles. The molecule has 0 saturated heterocycles. The maximum Gasteiger partial charge on any atom is 0.126 e. The molecule has 1 rings (SSSR count). The van der Waals surface area contributed by atoms with Gasteiger partial charge in [0.1, 0.15) is 5.82 Å². The molecule has 56 valence electrons. The Kier molecular flexibility index (Phi) is 2.03. The zero-order valence-corrected chi connectivity index (χ0v) is 5.99. The lowest BCUT2D eigenvalue weighted by molar-refractivity contribution is 0.644. The number of rotatable bonds is 2. The molecule has 1 aromatic heterocycles. The lowest BCUT2D eigenvalue weighted by Crippen LogP contribution is -2.23. The highest BCUT2D eigenvalue weighted by atomic mass is 15.1. The Balaban J connectivity index is 2.82. The second-order valence-corrected chi connectivity index (χ2v) is 2.24. The highest BCUT2D eigenvalue weighted by molar-refractivity contribution is 4.97. The normalized spacial score (nSPS) is 13.5. The number of nitrogens with two attached hydrogens (primary N) is 2. The van der Waals surface area contributed by atoms with Crippen LogP contribution in [-0.4, -0.2) is 16.1 Å². The van der Waals surface area contributed by atoms with Crippen LogP contribution in [-0.2, 0) is 7.05 Å². The molecule has 1 heterocycles. The summed E-state index contributed by atoms with van der Waals surface area (Å²) in [5, 5.41) is 0. The van der Waals surface area contributed by atoms with Crippen LogP contribution < -0.4 is 11.5 Å². The van der Waals surface area contributed by atoms with Crippen LogP contribution in [0.25, 0.3) is 0 Å². The third-order valence-electron chi connectivity index (χ3n) is 1.44. The smallest absolute Gasteiger partial charge is 0.126 e. The molecule has 0 aliphatic rings. The lowest BCUT2D eigenvalue weighted by Gasteiger charge is -2.07. The van der Waals surface area contributed by atoms with Crippen LogP contribution in [0.5, 0.6) is 0 Å². The van der Waals surface area contributed by atoms with Crippen LogP contribution >= 0.6 is 0 Å². The Hall–Kier alpha value is -0.870. The molecule has 4 N–H and O–H groups in total. The Bertz CT molecular complexity index is 205. The zero-order valence-electron chi connectivity index (χ0n) is 5.99. The molecule has 10 heavy (non-hydrogen) atoms. The van der Waals surface area contributed by atoms with Crippen LogP contribution in [0.3, 0.4) is 0 Å². The van der Waals surface area contributed by atoms with E-state index in [9.17, 15) is 0 Å². The third kappa shape index (κ3) is 1.17. The van der Waals surface area contributed by atoms with Gasteiger partial charge in [0, 0.05) is 26.0 Å². The molecule has 0 fully saturated rings. The van der Waals surface area contributed by atoms with Crippen molar-refractivity contribution < 1.29 is 0 Å². The topological polar surface area (TPSA) is 69.9 Å². The van der Waals surface area contributed by atoms with E-state index >= 15 is 0 Å². The fourth-order valence-corrected chi connectivity index (χ4v) is 0.840. The highest BCUT2D eigenvalue weighted by Crippen LogP contribution is 2.02. The minimum atomic E-state index is -0.139. The molecule has 0 amide bonds. The van der Waals surface area contributed by atoms with E-state index in [0.717, 1.165) is 5.82 Å². The van der Waals surface area contributed by atoms with E-state index in [-0.39, 0.29) is 6.04 Å². The van der Waals surface area contributed by atoms with E-state index in [1.165, 1.54) is 0 Å². The van der Waals surface area contributed by atoms with Crippen LogP contribution in [0.15, 0.2) is 12.4 Å². The van der Waals surface area contributed by atoms with Gasteiger partial charge in [0.15, 0.2) is 0 Å². The van der Waals surface area contributed by atoms with E-state index in [0.29, 0.717) is 6.54 Å². The first-order valence-electron chi connectivity index (χ1n) is 3.18. The van der Waals surface area contributed by atoms with Gasteiger partial charge in [0.2, 0.25) is 0 Å². The van der Waals surface area contributed by atoms with Gasteiger partial charge < -0.3 is 16.0 Å². The number of hydrogen-bond donors (Lipinski definition) is 2. The summed E-state index contributed by atoms with van der Waals surface area (Å²) in [4.78, 5) is 4.04. The van der Waals surface area contributed by atoms with Crippen molar-refractivity contribution in [3.63, 3.8) is 0 Å². The average molecular weight is 140 g/mol. The molecule has 0 bridgehead atoms. The number of nitrogens with zero attached hydrogens (tertiary/aromatic N) is 2. The molecule has 1 unspecified atom stereocenters. The van der Waals surface area contributed by atoms with Crippen LogP contribution in [0.2, 0.25) is 0 Å². The minimum Gasteiger partial charge on any atom is -0.337 e. The minimum absolute atomic E-state index is 0.139. The lowest BCUT2D eigenvalue weighted by atomic mass is 10.3. The molecular weight excluding hydrogens is 128 g/mol. The Labute approximate surface area is 59.8 Å². The molecule has 4 nitrogen and oxygen atoms in total. The van der Waals surface area contributed by atoms with Crippen LogP contribution in [0, 0.1) is 0 Å². The van der Waals surface area contributed by atoms with Crippen molar-refractivity contribution in [2.24, 2.45) is 18.5 Å². The maximum absolute atomic E-state index is 5.63. The molecule has 0 saturated carbocycles. The predicted octanol–water partition coefficient (Wildman–Crippen LogP) is -0.621. The molecule has 0 radical (unpaired) electrons. The molecule has 0 aliphatic heterocycles. The summed E-state index contributed by atoms with van der Waals surface area (Å²) in [5.41, 5.74) is 11.0. The van der Waals surface area contributed by atoms with Gasteiger partial charge in [-0.15, -0.1) is 0 Å². The Morgan fingerprint density at radius 1 is 1.80 bits per heavy atom. The zero-order chi connectivity index (χ0) is 7.56. The van der Waals surface area contributed by atoms with Crippen molar-refractivity contribution in [2.75, 3.05) is 6.54 Å². The molecule has 1 aromatic rings. The number of aryl methyl sites for hydroxylation is 1. The van der Waals surface area contributed by atoms with E-state index in [4.69, 9.17) is 11.5 Å². The Morgan fingerprint density at radius 3 is 2.90 bits per heavy atom. The van der Waals surface area contributed by atoms with Gasteiger partial charge in [-0.25, -0.2) is 4.98 Å². The van der Waals surface area contributed by atoms with E-state index in [2.05, 4.69) is 4.98 Å². The largest absolute Gasteiger partial charge is 0.337 e. The monoisotopic (exact) mass is 140 g/mol. The van der Waals surface area contributed by atoms with Crippen molar-refractivity contribution in [2.45, 2.75) is 6.04 Å². The van der Waals surface area contributed by atoms with Crippen molar-refractivity contribution >= 4 is 0 Å². The molecule has 4 heteroatoms. The number of hydrogen-bond acceptors (Lipinski definition) is 3. The average Bonchev–Trinajstić information content (AvgIpc) is 2.34. The summed E-state index contributed by atoms with van der Waals surface area (Å²) in [7, 11) is 1.90. The summed E-state index contributed by atoms with van der Waals surface area (Å²) >= 11 is 0. The molecule has 0 aliphatic carbocycles. The van der Waals surface area contributed by atoms with Gasteiger partial charge >= 0.3 is 0 Å². The van der Waals surface area contributed by atoms with Crippen molar-refractivity contribution in [1.29, 1.82) is 0 Å². The second kappa shape index (κ2) is 2.81. The van der Waals surface area contributed by atoms with Gasteiger partial charge in [0.25, 0.3) is 0 Å². The van der Waals surface area contributed by atoms with Crippen LogP contribution in [0.1, 0.15) is 11.9 Å². The first kappa shape index (κ1) is 7.24. The summed E-state index contributed by atoms with van der Waals surface area (Å²) in [6.45, 7) is 0.435. The van der Waals surface area contributed by atoms with Gasteiger partial charge in [-0.05, 0) is 0 Å². The first-order chi connectivity index (χ1) is 4.75. The Morgan fingerprint density at radius 2 is 2.50 bits per heavy atom. The molecule has 1 atom stereocenters. The van der Waals surface area contributed by atoms with Crippen molar-refractivity contribution in [3.05, 3.63) is 18.2 Å². The van der Waals surface area contributed by atoms with Gasteiger partial charge in [-0.3, -0.25) is 0 Å². The van der Waals surface area contributed by atoms with Crippen molar-refractivity contribution in [3.8, 4) is 0 Å². The van der Waals surface area contributed by atoms with E-state index < -0.39 is 0 Å².